The van der Waals surface area contributed by atoms with Crippen LogP contribution in [0, 0.1) is 5.92 Å². The van der Waals surface area contributed by atoms with Gasteiger partial charge in [0.15, 0.2) is 12.4 Å². The van der Waals surface area contributed by atoms with Crippen LogP contribution in [-0.4, -0.2) is 46.0 Å². The van der Waals surface area contributed by atoms with Crippen molar-refractivity contribution in [2.75, 3.05) is 5.75 Å². The smallest absolute Gasteiger partial charge is 0.335 e. The van der Waals surface area contributed by atoms with Crippen LogP contribution in [0.3, 0.4) is 0 Å². The van der Waals surface area contributed by atoms with Crippen molar-refractivity contribution in [3.05, 3.63) is 125 Å². The monoisotopic (exact) mass is 669 g/mol. The number of amides is 1. The lowest BCUT2D eigenvalue weighted by molar-refractivity contribution is -0.268. The maximum atomic E-state index is 12.4. The van der Waals surface area contributed by atoms with Gasteiger partial charge in [0.25, 0.3) is 5.91 Å². The summed E-state index contributed by atoms with van der Waals surface area (Å²) in [5, 5.41) is 21.6. The van der Waals surface area contributed by atoms with Crippen molar-refractivity contribution >= 4 is 29.6 Å². The molecular weight excluding hydrogens is 630 g/mol. The molecule has 9 nitrogen and oxygen atoms in total. The molecule has 5 rings (SSSR count). The predicted molar refractivity (Wildman–Crippen MR) is 182 cm³/mol. The van der Waals surface area contributed by atoms with E-state index >= 15 is 0 Å². The first-order valence-electron chi connectivity index (χ1n) is 15.7. The summed E-state index contributed by atoms with van der Waals surface area (Å²) in [6.45, 7) is 5.14. The fourth-order valence-corrected chi connectivity index (χ4v) is 6.61. The molecule has 0 unspecified atom stereocenters. The van der Waals surface area contributed by atoms with E-state index in [9.17, 15) is 24.6 Å². The Hall–Kier alpha value is -4.48. The van der Waals surface area contributed by atoms with Crippen LogP contribution in [0.2, 0.25) is 0 Å². The lowest BCUT2D eigenvalue weighted by atomic mass is 9.91. The summed E-state index contributed by atoms with van der Waals surface area (Å²) in [6, 6.07) is 30.4. The second-order valence-electron chi connectivity index (χ2n) is 11.8. The zero-order chi connectivity index (χ0) is 34.2. The average Bonchev–Trinajstić information content (AvgIpc) is 3.10. The number of esters is 1. The van der Waals surface area contributed by atoms with Crippen LogP contribution < -0.4 is 5.32 Å². The lowest BCUT2D eigenvalue weighted by Gasteiger charge is -2.41. The van der Waals surface area contributed by atoms with Gasteiger partial charge in [-0.1, -0.05) is 67.6 Å². The largest absolute Gasteiger partial charge is 0.478 e. The topological polar surface area (TPSA) is 131 Å². The molecule has 0 aliphatic carbocycles. The molecule has 5 atom stereocenters. The molecule has 250 valence electrons. The van der Waals surface area contributed by atoms with Crippen LogP contribution in [0.4, 0.5) is 0 Å². The molecular formula is C38H39NO8S. The summed E-state index contributed by atoms with van der Waals surface area (Å²) in [5.74, 6) is -1.22. The highest BCUT2D eigenvalue weighted by Crippen LogP contribution is 2.43. The van der Waals surface area contributed by atoms with Gasteiger partial charge in [-0.05, 0) is 71.1 Å². The molecule has 1 aliphatic rings. The Labute approximate surface area is 284 Å². The molecule has 1 fully saturated rings. The Morgan fingerprint density at radius 3 is 2.23 bits per heavy atom. The molecule has 0 spiro atoms. The molecule has 4 aromatic carbocycles. The van der Waals surface area contributed by atoms with Gasteiger partial charge in [0.2, 0.25) is 0 Å². The van der Waals surface area contributed by atoms with Crippen molar-refractivity contribution in [3.8, 4) is 11.1 Å². The number of aliphatic hydroxyl groups is 1. The second kappa shape index (κ2) is 16.1. The third-order valence-corrected chi connectivity index (χ3v) is 9.34. The third-order valence-electron chi connectivity index (χ3n) is 8.24. The van der Waals surface area contributed by atoms with Crippen molar-refractivity contribution in [1.29, 1.82) is 0 Å². The Morgan fingerprint density at radius 1 is 0.875 bits per heavy atom. The standard InChI is InChI=1S/C38H39NO8S/c1-23-34(22-48-33-16-14-29(15-17-33)37(43)44)46-38(47-35(23)28-12-10-26(21-40)11-13-28)32-9-5-8-31(19-32)30-7-4-6-27(18-30)20-39-36(42)24(2)45-25(3)41/h4-19,23-24,34-35,38,40H,20-22H2,1-3H3,(H,39,42)(H,43,44)/t23-,24-,34+,35+,38+/m0/s1. The number of carboxylic acid groups (broad SMARTS) is 1. The van der Waals surface area contributed by atoms with Gasteiger partial charge in [0, 0.05) is 35.6 Å². The number of hydrogen-bond donors (Lipinski definition) is 3. The fourth-order valence-electron chi connectivity index (χ4n) is 5.54. The molecule has 48 heavy (non-hydrogen) atoms. The Bertz CT molecular complexity index is 1730. The van der Waals surface area contributed by atoms with E-state index in [1.165, 1.54) is 13.8 Å². The minimum atomic E-state index is -0.961. The van der Waals surface area contributed by atoms with E-state index in [0.717, 1.165) is 38.3 Å². The zero-order valence-electron chi connectivity index (χ0n) is 27.0. The summed E-state index contributed by atoms with van der Waals surface area (Å²) in [7, 11) is 0. The molecule has 1 amide bonds. The fraction of sp³-hybridized carbons (Fsp3) is 0.289. The summed E-state index contributed by atoms with van der Waals surface area (Å²) in [5.41, 5.74) is 5.70. The maximum absolute atomic E-state index is 12.4. The molecule has 10 heteroatoms. The first-order valence-corrected chi connectivity index (χ1v) is 16.7. The SMILES string of the molecule is CC(=O)O[C@@H](C)C(=O)NCc1cccc(-c2cccc([C@@H]3O[C@H](CSc4ccc(C(=O)O)cc4)[C@H](C)[C@H](c4ccc(CO)cc4)O3)c2)c1. The molecule has 0 saturated carbocycles. The molecule has 0 bridgehead atoms. The number of aliphatic hydroxyl groups excluding tert-OH is 1. The van der Waals surface area contributed by atoms with Crippen LogP contribution >= 0.6 is 11.8 Å². The number of aromatic carboxylic acids is 1. The van der Waals surface area contributed by atoms with E-state index in [1.54, 1.807) is 23.9 Å². The average molecular weight is 670 g/mol. The first-order chi connectivity index (χ1) is 23.1. The molecule has 3 N–H and O–H groups in total. The van der Waals surface area contributed by atoms with Crippen molar-refractivity contribution in [1.82, 2.24) is 5.32 Å². The number of hydrogen-bond acceptors (Lipinski definition) is 8. The van der Waals surface area contributed by atoms with Crippen LogP contribution in [-0.2, 0) is 37.0 Å². The van der Waals surface area contributed by atoms with Gasteiger partial charge in [-0.25, -0.2) is 4.79 Å². The summed E-state index contributed by atoms with van der Waals surface area (Å²) < 4.78 is 18.3. The predicted octanol–water partition coefficient (Wildman–Crippen LogP) is 6.70. The van der Waals surface area contributed by atoms with Gasteiger partial charge in [0.1, 0.15) is 0 Å². The van der Waals surface area contributed by atoms with Gasteiger partial charge >= 0.3 is 11.9 Å². The maximum Gasteiger partial charge on any atom is 0.335 e. The van der Waals surface area contributed by atoms with E-state index < -0.39 is 24.3 Å². The van der Waals surface area contributed by atoms with Crippen LogP contribution in [0.25, 0.3) is 11.1 Å². The van der Waals surface area contributed by atoms with E-state index in [-0.39, 0.29) is 42.7 Å². The molecule has 0 radical (unpaired) electrons. The second-order valence-corrected chi connectivity index (χ2v) is 12.9. The normalized spacial score (nSPS) is 19.7. The number of rotatable bonds is 12. The van der Waals surface area contributed by atoms with Crippen molar-refractivity contribution < 1.29 is 38.8 Å². The summed E-state index contributed by atoms with van der Waals surface area (Å²) in [6.07, 6.45) is -2.01. The van der Waals surface area contributed by atoms with Crippen LogP contribution in [0.15, 0.2) is 102 Å². The van der Waals surface area contributed by atoms with Crippen molar-refractivity contribution in [2.24, 2.45) is 5.92 Å². The molecule has 0 aromatic heterocycles. The van der Waals surface area contributed by atoms with Crippen LogP contribution in [0.5, 0.6) is 0 Å². The number of carboxylic acids is 1. The van der Waals surface area contributed by atoms with Gasteiger partial charge in [-0.2, -0.15) is 0 Å². The van der Waals surface area contributed by atoms with E-state index in [1.807, 2.05) is 84.9 Å². The Kier molecular flexibility index (Phi) is 11.7. The van der Waals surface area contributed by atoms with Crippen molar-refractivity contribution in [2.45, 2.75) is 63.4 Å². The number of thioether (sulfide) groups is 1. The molecule has 1 aliphatic heterocycles. The minimum Gasteiger partial charge on any atom is -0.478 e. The third kappa shape index (κ3) is 8.90. The zero-order valence-corrected chi connectivity index (χ0v) is 27.8. The summed E-state index contributed by atoms with van der Waals surface area (Å²) in [4.78, 5) is 35.8. The number of carbonyl (C=O) groups excluding carboxylic acids is 2. The summed E-state index contributed by atoms with van der Waals surface area (Å²) >= 11 is 1.60. The molecule has 4 aromatic rings. The van der Waals surface area contributed by atoms with Crippen molar-refractivity contribution in [3.63, 3.8) is 0 Å². The molecule has 1 saturated heterocycles. The quantitative estimate of drug-likeness (QED) is 0.111. The van der Waals surface area contributed by atoms with E-state index in [2.05, 4.69) is 12.2 Å². The highest BCUT2D eigenvalue weighted by Gasteiger charge is 2.38. The number of benzene rings is 4. The number of nitrogens with one attached hydrogen (secondary N) is 1. The van der Waals surface area contributed by atoms with Gasteiger partial charge in [-0.15, -0.1) is 11.8 Å². The first kappa shape index (κ1) is 34.8. The number of carbonyl (C=O) groups is 3. The Balaban J connectivity index is 1.35. The van der Waals surface area contributed by atoms with Gasteiger partial charge < -0.3 is 29.7 Å². The van der Waals surface area contributed by atoms with Crippen LogP contribution in [0.1, 0.15) is 65.8 Å². The minimum absolute atomic E-state index is 0.00865. The van der Waals surface area contributed by atoms with Gasteiger partial charge in [0.05, 0.1) is 24.4 Å². The highest BCUT2D eigenvalue weighted by atomic mass is 32.2. The lowest BCUT2D eigenvalue weighted by Crippen LogP contribution is -2.38. The number of ether oxygens (including phenoxy) is 3. The highest BCUT2D eigenvalue weighted by molar-refractivity contribution is 7.99. The Morgan fingerprint density at radius 2 is 1.56 bits per heavy atom. The molecule has 1 heterocycles. The van der Waals surface area contributed by atoms with E-state index in [0.29, 0.717) is 5.75 Å². The van der Waals surface area contributed by atoms with Gasteiger partial charge in [-0.3, -0.25) is 9.59 Å². The van der Waals surface area contributed by atoms with E-state index in [4.69, 9.17) is 14.2 Å².